The Bertz CT molecular complexity index is 1050. The van der Waals surface area contributed by atoms with Gasteiger partial charge in [0, 0.05) is 10.9 Å². The van der Waals surface area contributed by atoms with Crippen LogP contribution in [0.15, 0.2) is 41.3 Å². The molecule has 0 aromatic heterocycles. The summed E-state index contributed by atoms with van der Waals surface area (Å²) in [6, 6.07) is 10.1. The van der Waals surface area contributed by atoms with Crippen molar-refractivity contribution in [3.63, 3.8) is 0 Å². The van der Waals surface area contributed by atoms with E-state index in [-0.39, 0.29) is 28.1 Å². The van der Waals surface area contributed by atoms with Gasteiger partial charge in [0.2, 0.25) is 15.9 Å². The highest BCUT2D eigenvalue weighted by molar-refractivity contribution is 7.89. The van der Waals surface area contributed by atoms with Crippen molar-refractivity contribution < 1.29 is 17.9 Å². The van der Waals surface area contributed by atoms with E-state index in [9.17, 15) is 13.2 Å². The topological polar surface area (TPSA) is 98.5 Å². The number of sulfonamides is 1. The van der Waals surface area contributed by atoms with Crippen molar-refractivity contribution in [2.24, 2.45) is 16.5 Å². The predicted molar refractivity (Wildman–Crippen MR) is 109 cm³/mol. The van der Waals surface area contributed by atoms with Crippen LogP contribution in [-0.4, -0.2) is 21.4 Å². The van der Waals surface area contributed by atoms with E-state index in [1.54, 1.807) is 37.3 Å². The summed E-state index contributed by atoms with van der Waals surface area (Å²) < 4.78 is 28.5. The standard InChI is InChI=1S/C20H23ClN2O4S/c1-11-9-12(5-8-16(11)28(22,25)26)17-18(20(17,2)3)19(24)23-14-10-13(21)6-7-15(14)27-4/h5-10,17-18H,1-4H3,(H,23,24)(H2,22,25,26). The van der Waals surface area contributed by atoms with Crippen LogP contribution >= 0.6 is 11.6 Å². The van der Waals surface area contributed by atoms with Gasteiger partial charge in [-0.3, -0.25) is 4.79 Å². The van der Waals surface area contributed by atoms with Crippen molar-refractivity contribution in [1.29, 1.82) is 0 Å². The van der Waals surface area contributed by atoms with Gasteiger partial charge in [-0.2, -0.15) is 0 Å². The molecule has 2 atom stereocenters. The third kappa shape index (κ3) is 3.74. The Labute approximate surface area is 170 Å². The van der Waals surface area contributed by atoms with E-state index in [0.29, 0.717) is 22.0 Å². The van der Waals surface area contributed by atoms with Gasteiger partial charge in [0.25, 0.3) is 0 Å². The Morgan fingerprint density at radius 1 is 1.21 bits per heavy atom. The van der Waals surface area contributed by atoms with Gasteiger partial charge in [-0.05, 0) is 47.7 Å². The number of halogens is 1. The van der Waals surface area contributed by atoms with Gasteiger partial charge in [0.05, 0.1) is 23.6 Å². The maximum Gasteiger partial charge on any atom is 0.238 e. The second-order valence-corrected chi connectivity index (χ2v) is 9.65. The normalized spacial score (nSPS) is 20.5. The maximum atomic E-state index is 12.9. The fourth-order valence-corrected chi connectivity index (χ4v) is 4.86. The van der Waals surface area contributed by atoms with E-state index in [1.165, 1.54) is 13.2 Å². The number of methoxy groups -OCH3 is 1. The summed E-state index contributed by atoms with van der Waals surface area (Å²) in [6.45, 7) is 5.73. The van der Waals surface area contributed by atoms with Crippen LogP contribution in [0.3, 0.4) is 0 Å². The van der Waals surface area contributed by atoms with Crippen LogP contribution in [0.1, 0.15) is 30.9 Å². The number of anilines is 1. The summed E-state index contributed by atoms with van der Waals surface area (Å²) in [7, 11) is -2.25. The fraction of sp³-hybridized carbons (Fsp3) is 0.350. The molecule has 2 aromatic carbocycles. The molecule has 1 saturated carbocycles. The molecule has 28 heavy (non-hydrogen) atoms. The average molecular weight is 423 g/mol. The molecule has 150 valence electrons. The van der Waals surface area contributed by atoms with E-state index in [4.69, 9.17) is 21.5 Å². The zero-order valence-electron chi connectivity index (χ0n) is 16.1. The molecule has 0 radical (unpaired) electrons. The zero-order valence-corrected chi connectivity index (χ0v) is 17.7. The molecular formula is C20H23ClN2O4S. The Kier molecular flexibility index (Phi) is 5.20. The molecule has 8 heteroatoms. The molecule has 0 spiro atoms. The molecule has 2 aromatic rings. The third-order valence-electron chi connectivity index (χ3n) is 5.39. The van der Waals surface area contributed by atoms with Crippen LogP contribution in [-0.2, 0) is 14.8 Å². The van der Waals surface area contributed by atoms with Crippen LogP contribution < -0.4 is 15.2 Å². The fourth-order valence-electron chi connectivity index (χ4n) is 3.92. The summed E-state index contributed by atoms with van der Waals surface area (Å²) in [6.07, 6.45) is 0. The highest BCUT2D eigenvalue weighted by Crippen LogP contribution is 2.64. The maximum absolute atomic E-state index is 12.9. The van der Waals surface area contributed by atoms with Gasteiger partial charge < -0.3 is 10.1 Å². The first kappa shape index (κ1) is 20.6. The SMILES string of the molecule is COc1ccc(Cl)cc1NC(=O)C1C(c2ccc(S(N)(=O)=O)c(C)c2)C1(C)C. The number of primary sulfonamides is 1. The minimum absolute atomic E-state index is 0.0362. The van der Waals surface area contributed by atoms with Gasteiger partial charge in [-0.15, -0.1) is 0 Å². The van der Waals surface area contributed by atoms with Crippen LogP contribution in [0.5, 0.6) is 5.75 Å². The molecule has 0 aliphatic heterocycles. The summed E-state index contributed by atoms with van der Waals surface area (Å²) in [5.74, 6) is 0.0895. The molecule has 3 N–H and O–H groups in total. The highest BCUT2D eigenvalue weighted by Gasteiger charge is 2.62. The van der Waals surface area contributed by atoms with Crippen LogP contribution in [0.2, 0.25) is 5.02 Å². The summed E-state index contributed by atoms with van der Waals surface area (Å²) in [5, 5.41) is 8.64. The zero-order chi connectivity index (χ0) is 20.9. The molecule has 2 unspecified atom stereocenters. The van der Waals surface area contributed by atoms with Crippen LogP contribution in [0.25, 0.3) is 0 Å². The Balaban J connectivity index is 1.86. The molecule has 0 heterocycles. The number of benzene rings is 2. The van der Waals surface area contributed by atoms with Crippen molar-refractivity contribution in [3.8, 4) is 5.75 Å². The molecular weight excluding hydrogens is 400 g/mol. The number of nitrogens with two attached hydrogens (primary N) is 1. The Hall–Kier alpha value is -2.09. The van der Waals surface area contributed by atoms with E-state index in [1.807, 2.05) is 13.8 Å². The second kappa shape index (κ2) is 7.06. The van der Waals surface area contributed by atoms with Crippen molar-refractivity contribution in [1.82, 2.24) is 0 Å². The number of ether oxygens (including phenoxy) is 1. The number of carbonyl (C=O) groups excluding carboxylic acids is 1. The minimum Gasteiger partial charge on any atom is -0.495 e. The number of hydrogen-bond donors (Lipinski definition) is 2. The molecule has 1 amide bonds. The van der Waals surface area contributed by atoms with Crippen molar-refractivity contribution in [2.45, 2.75) is 31.6 Å². The largest absolute Gasteiger partial charge is 0.495 e. The van der Waals surface area contributed by atoms with Gasteiger partial charge in [0.1, 0.15) is 5.75 Å². The van der Waals surface area contributed by atoms with E-state index in [0.717, 1.165) is 5.56 Å². The lowest BCUT2D eigenvalue weighted by Crippen LogP contribution is -2.17. The average Bonchev–Trinajstić information content (AvgIpc) is 3.16. The van der Waals surface area contributed by atoms with Crippen LogP contribution in [0, 0.1) is 18.3 Å². The van der Waals surface area contributed by atoms with E-state index < -0.39 is 10.0 Å². The lowest BCUT2D eigenvalue weighted by atomic mass is 10.0. The van der Waals surface area contributed by atoms with Gasteiger partial charge >= 0.3 is 0 Å². The number of hydrogen-bond acceptors (Lipinski definition) is 4. The first-order valence-corrected chi connectivity index (χ1v) is 10.7. The van der Waals surface area contributed by atoms with Crippen molar-refractivity contribution in [3.05, 3.63) is 52.5 Å². The van der Waals surface area contributed by atoms with Crippen LogP contribution in [0.4, 0.5) is 5.69 Å². The van der Waals surface area contributed by atoms with Crippen molar-refractivity contribution >= 4 is 33.2 Å². The van der Waals surface area contributed by atoms with Gasteiger partial charge in [-0.1, -0.05) is 37.6 Å². The molecule has 6 nitrogen and oxygen atoms in total. The molecule has 0 bridgehead atoms. The minimum atomic E-state index is -3.77. The predicted octanol–water partition coefficient (Wildman–Crippen LogP) is 3.68. The second-order valence-electron chi connectivity index (χ2n) is 7.68. The van der Waals surface area contributed by atoms with Gasteiger partial charge in [0.15, 0.2) is 0 Å². The smallest absolute Gasteiger partial charge is 0.238 e. The number of nitrogens with one attached hydrogen (secondary N) is 1. The number of amides is 1. The third-order valence-corrected chi connectivity index (χ3v) is 6.70. The Morgan fingerprint density at radius 2 is 1.89 bits per heavy atom. The summed E-state index contributed by atoms with van der Waals surface area (Å²) >= 11 is 6.04. The lowest BCUT2D eigenvalue weighted by molar-refractivity contribution is -0.118. The molecule has 3 rings (SSSR count). The van der Waals surface area contributed by atoms with E-state index in [2.05, 4.69) is 5.32 Å². The molecule has 1 aliphatic rings. The van der Waals surface area contributed by atoms with E-state index >= 15 is 0 Å². The number of rotatable bonds is 5. The number of carbonyl (C=O) groups is 1. The molecule has 1 fully saturated rings. The lowest BCUT2D eigenvalue weighted by Gasteiger charge is -2.11. The Morgan fingerprint density at radius 3 is 2.46 bits per heavy atom. The monoisotopic (exact) mass is 422 g/mol. The summed E-state index contributed by atoms with van der Waals surface area (Å²) in [4.78, 5) is 13.0. The first-order chi connectivity index (χ1) is 13.0. The van der Waals surface area contributed by atoms with Crippen molar-refractivity contribution in [2.75, 3.05) is 12.4 Å². The highest BCUT2D eigenvalue weighted by atomic mass is 35.5. The number of aryl methyl sites for hydroxylation is 1. The quantitative estimate of drug-likeness (QED) is 0.767. The summed E-state index contributed by atoms with van der Waals surface area (Å²) in [5.41, 5.74) is 1.72. The first-order valence-electron chi connectivity index (χ1n) is 8.74. The molecule has 1 aliphatic carbocycles. The van der Waals surface area contributed by atoms with Gasteiger partial charge in [-0.25, -0.2) is 13.6 Å². The molecule has 0 saturated heterocycles.